The van der Waals surface area contributed by atoms with Crippen molar-refractivity contribution in [1.29, 1.82) is 0 Å². The lowest BCUT2D eigenvalue weighted by atomic mass is 10.2. The van der Waals surface area contributed by atoms with Gasteiger partial charge in [-0.2, -0.15) is 0 Å². The van der Waals surface area contributed by atoms with Crippen molar-refractivity contribution < 1.29 is 0 Å². The molecule has 0 amide bonds. The highest BCUT2D eigenvalue weighted by Gasteiger charge is 2.10. The second kappa shape index (κ2) is 4.35. The van der Waals surface area contributed by atoms with E-state index in [9.17, 15) is 0 Å². The smallest absolute Gasteiger partial charge is 0.141 e. The van der Waals surface area contributed by atoms with Crippen LogP contribution in [-0.2, 0) is 12.8 Å². The third kappa shape index (κ3) is 1.81. The van der Waals surface area contributed by atoms with Gasteiger partial charge in [-0.25, -0.2) is 4.98 Å². The van der Waals surface area contributed by atoms with Crippen molar-refractivity contribution in [1.82, 2.24) is 9.38 Å². The fraction of sp³-hybridized carbons (Fsp3) is 0.417. The molecule has 2 aromatic rings. The average molecular weight is 267 g/mol. The van der Waals surface area contributed by atoms with Crippen LogP contribution in [0.25, 0.3) is 5.65 Å². The molecule has 2 aromatic heterocycles. The predicted molar refractivity (Wildman–Crippen MR) is 66.3 cm³/mol. The molecule has 80 valence electrons. The van der Waals surface area contributed by atoms with Gasteiger partial charge in [0.2, 0.25) is 0 Å². The Hall–Kier alpha value is -0.830. The molecule has 0 aliphatic heterocycles. The number of hydrogen-bond acceptors (Lipinski definition) is 1. The predicted octanol–water partition coefficient (Wildman–Crippen LogP) is 3.61. The van der Waals surface area contributed by atoms with Crippen molar-refractivity contribution in [3.63, 3.8) is 0 Å². The highest BCUT2D eigenvalue weighted by Crippen LogP contribution is 2.22. The zero-order valence-electron chi connectivity index (χ0n) is 9.13. The molecule has 2 rings (SSSR count). The second-order valence-corrected chi connectivity index (χ2v) is 4.43. The SMILES string of the molecule is CCCc1nc2c(CC)cccn2c1Br. The topological polar surface area (TPSA) is 17.3 Å². The van der Waals surface area contributed by atoms with Crippen LogP contribution in [-0.4, -0.2) is 9.38 Å². The lowest BCUT2D eigenvalue weighted by molar-refractivity contribution is 0.886. The molecule has 0 bridgehead atoms. The van der Waals surface area contributed by atoms with Crippen LogP contribution in [0.2, 0.25) is 0 Å². The molecule has 0 spiro atoms. The Morgan fingerprint density at radius 2 is 2.20 bits per heavy atom. The minimum absolute atomic E-state index is 1.03. The zero-order chi connectivity index (χ0) is 10.8. The van der Waals surface area contributed by atoms with Crippen molar-refractivity contribution >= 4 is 21.6 Å². The Morgan fingerprint density at radius 1 is 1.40 bits per heavy atom. The maximum Gasteiger partial charge on any atom is 0.141 e. The van der Waals surface area contributed by atoms with E-state index in [2.05, 4.69) is 57.5 Å². The molecule has 0 aliphatic rings. The van der Waals surface area contributed by atoms with Gasteiger partial charge >= 0.3 is 0 Å². The number of pyridine rings is 1. The van der Waals surface area contributed by atoms with Gasteiger partial charge in [-0.05, 0) is 40.4 Å². The first-order valence-corrected chi connectivity index (χ1v) is 6.21. The van der Waals surface area contributed by atoms with Gasteiger partial charge < -0.3 is 0 Å². The molecule has 0 unspecified atom stereocenters. The molecule has 0 fully saturated rings. The van der Waals surface area contributed by atoms with E-state index in [1.54, 1.807) is 0 Å². The molecule has 0 aliphatic carbocycles. The van der Waals surface area contributed by atoms with Crippen LogP contribution < -0.4 is 0 Å². The summed E-state index contributed by atoms with van der Waals surface area (Å²) in [4.78, 5) is 4.69. The lowest BCUT2D eigenvalue weighted by Crippen LogP contribution is -1.89. The van der Waals surface area contributed by atoms with E-state index in [4.69, 9.17) is 0 Å². The Kier molecular flexibility index (Phi) is 3.10. The van der Waals surface area contributed by atoms with Gasteiger partial charge in [0.05, 0.1) is 5.69 Å². The number of nitrogens with zero attached hydrogens (tertiary/aromatic N) is 2. The summed E-state index contributed by atoms with van der Waals surface area (Å²) in [6.07, 6.45) is 5.25. The first kappa shape index (κ1) is 10.7. The molecule has 0 aromatic carbocycles. The summed E-state index contributed by atoms with van der Waals surface area (Å²) in [7, 11) is 0. The van der Waals surface area contributed by atoms with Gasteiger partial charge in [0.25, 0.3) is 0 Å². The van der Waals surface area contributed by atoms with Crippen LogP contribution in [0.15, 0.2) is 22.9 Å². The fourth-order valence-corrected chi connectivity index (χ4v) is 2.39. The number of fused-ring (bicyclic) bond motifs is 1. The van der Waals surface area contributed by atoms with Gasteiger partial charge in [0.1, 0.15) is 10.3 Å². The van der Waals surface area contributed by atoms with Crippen LogP contribution in [0.4, 0.5) is 0 Å². The first-order chi connectivity index (χ1) is 7.27. The van der Waals surface area contributed by atoms with Crippen LogP contribution in [0.5, 0.6) is 0 Å². The molecular formula is C12H15BrN2. The lowest BCUT2D eigenvalue weighted by Gasteiger charge is -1.99. The number of hydrogen-bond donors (Lipinski definition) is 0. The zero-order valence-corrected chi connectivity index (χ0v) is 10.7. The Labute approximate surface area is 98.5 Å². The van der Waals surface area contributed by atoms with Crippen LogP contribution in [0.1, 0.15) is 31.5 Å². The van der Waals surface area contributed by atoms with Gasteiger partial charge in [-0.1, -0.05) is 26.3 Å². The quantitative estimate of drug-likeness (QED) is 0.830. The molecule has 0 N–H and O–H groups in total. The summed E-state index contributed by atoms with van der Waals surface area (Å²) in [6, 6.07) is 4.22. The molecule has 0 saturated heterocycles. The Bertz CT molecular complexity index is 474. The summed E-state index contributed by atoms with van der Waals surface area (Å²) in [5, 5.41) is 0. The van der Waals surface area contributed by atoms with E-state index in [1.165, 1.54) is 11.3 Å². The van der Waals surface area contributed by atoms with Crippen molar-refractivity contribution in [3.05, 3.63) is 34.2 Å². The molecule has 2 nitrogen and oxygen atoms in total. The van der Waals surface area contributed by atoms with E-state index in [0.717, 1.165) is 29.5 Å². The van der Waals surface area contributed by atoms with E-state index in [-0.39, 0.29) is 0 Å². The fourth-order valence-electron chi connectivity index (χ4n) is 1.81. The molecule has 3 heteroatoms. The molecule has 15 heavy (non-hydrogen) atoms. The van der Waals surface area contributed by atoms with Gasteiger partial charge in [-0.3, -0.25) is 4.40 Å². The summed E-state index contributed by atoms with van der Waals surface area (Å²) in [5.74, 6) is 0. The molecule has 0 saturated carbocycles. The summed E-state index contributed by atoms with van der Waals surface area (Å²) < 4.78 is 3.23. The Morgan fingerprint density at radius 3 is 2.87 bits per heavy atom. The van der Waals surface area contributed by atoms with Crippen LogP contribution >= 0.6 is 15.9 Å². The number of aromatic nitrogens is 2. The summed E-state index contributed by atoms with van der Waals surface area (Å²) >= 11 is 3.62. The molecular weight excluding hydrogens is 252 g/mol. The van der Waals surface area contributed by atoms with Crippen LogP contribution in [0.3, 0.4) is 0 Å². The van der Waals surface area contributed by atoms with Crippen molar-refractivity contribution in [2.24, 2.45) is 0 Å². The maximum absolute atomic E-state index is 4.69. The maximum atomic E-state index is 4.69. The third-order valence-corrected chi connectivity index (χ3v) is 3.45. The summed E-state index contributed by atoms with van der Waals surface area (Å²) in [5.41, 5.74) is 3.56. The third-order valence-electron chi connectivity index (χ3n) is 2.61. The molecule has 0 atom stereocenters. The average Bonchev–Trinajstić information content (AvgIpc) is 2.57. The number of halogens is 1. The van der Waals surface area contributed by atoms with E-state index < -0.39 is 0 Å². The van der Waals surface area contributed by atoms with Crippen molar-refractivity contribution in [2.45, 2.75) is 33.1 Å². The van der Waals surface area contributed by atoms with Crippen molar-refractivity contribution in [2.75, 3.05) is 0 Å². The number of rotatable bonds is 3. The minimum atomic E-state index is 1.03. The van der Waals surface area contributed by atoms with E-state index >= 15 is 0 Å². The Balaban J connectivity index is 2.64. The standard InChI is InChI=1S/C12H15BrN2/c1-3-6-10-11(13)15-8-5-7-9(4-2)12(15)14-10/h5,7-8H,3-4,6H2,1-2H3. The highest BCUT2D eigenvalue weighted by molar-refractivity contribution is 9.10. The van der Waals surface area contributed by atoms with E-state index in [1.807, 2.05) is 0 Å². The molecule has 0 radical (unpaired) electrons. The highest BCUT2D eigenvalue weighted by atomic mass is 79.9. The molecule has 2 heterocycles. The minimum Gasteiger partial charge on any atom is -0.294 e. The largest absolute Gasteiger partial charge is 0.294 e. The van der Waals surface area contributed by atoms with Gasteiger partial charge in [0, 0.05) is 6.20 Å². The van der Waals surface area contributed by atoms with E-state index in [0.29, 0.717) is 0 Å². The number of aryl methyl sites for hydroxylation is 2. The monoisotopic (exact) mass is 266 g/mol. The van der Waals surface area contributed by atoms with Crippen molar-refractivity contribution in [3.8, 4) is 0 Å². The summed E-state index contributed by atoms with van der Waals surface area (Å²) in [6.45, 7) is 4.34. The number of imidazole rings is 1. The normalized spacial score (nSPS) is 11.1. The van der Waals surface area contributed by atoms with Gasteiger partial charge in [0.15, 0.2) is 0 Å². The van der Waals surface area contributed by atoms with Gasteiger partial charge in [-0.15, -0.1) is 0 Å². The second-order valence-electron chi connectivity index (χ2n) is 3.68. The van der Waals surface area contributed by atoms with Crippen LogP contribution in [0, 0.1) is 0 Å². The first-order valence-electron chi connectivity index (χ1n) is 5.42.